The number of rotatable bonds is 2. The molecule has 18 heavy (non-hydrogen) atoms. The van der Waals surface area contributed by atoms with E-state index >= 15 is 0 Å². The maximum Gasteiger partial charge on any atom is 0.336 e. The second kappa shape index (κ2) is 4.70. The van der Waals surface area contributed by atoms with Crippen LogP contribution in [0.2, 0.25) is 5.02 Å². The van der Waals surface area contributed by atoms with E-state index in [-0.39, 0.29) is 11.3 Å². The van der Waals surface area contributed by atoms with E-state index in [4.69, 9.17) is 11.6 Å². The first kappa shape index (κ1) is 12.5. The van der Waals surface area contributed by atoms with Gasteiger partial charge in [0.1, 0.15) is 5.75 Å². The van der Waals surface area contributed by atoms with Crippen LogP contribution in [0.25, 0.3) is 11.1 Å². The molecule has 2 N–H and O–H groups in total. The lowest BCUT2D eigenvalue weighted by atomic mass is 9.96. The lowest BCUT2D eigenvalue weighted by Gasteiger charge is -2.11. The van der Waals surface area contributed by atoms with Gasteiger partial charge in [-0.1, -0.05) is 29.8 Å². The zero-order valence-electron chi connectivity index (χ0n) is 9.64. The summed E-state index contributed by atoms with van der Waals surface area (Å²) in [6.07, 6.45) is 0. The maximum absolute atomic E-state index is 11.3. The van der Waals surface area contributed by atoms with Gasteiger partial charge in [-0.2, -0.15) is 0 Å². The molecule has 0 unspecified atom stereocenters. The van der Waals surface area contributed by atoms with Crippen LogP contribution in [0.4, 0.5) is 0 Å². The summed E-state index contributed by atoms with van der Waals surface area (Å²) in [5.41, 5.74) is 1.87. The van der Waals surface area contributed by atoms with Gasteiger partial charge in [-0.05, 0) is 36.2 Å². The average molecular weight is 263 g/mol. The molecule has 0 aliphatic rings. The SMILES string of the molecule is Cc1cccc(-c2cc(O)ccc2Cl)c1C(=O)O. The highest BCUT2D eigenvalue weighted by Crippen LogP contribution is 2.34. The first-order valence-electron chi connectivity index (χ1n) is 5.32. The van der Waals surface area contributed by atoms with Crippen LogP contribution in [0.1, 0.15) is 15.9 Å². The molecule has 2 aromatic rings. The van der Waals surface area contributed by atoms with Crippen LogP contribution >= 0.6 is 11.6 Å². The smallest absolute Gasteiger partial charge is 0.336 e. The number of hydrogen-bond donors (Lipinski definition) is 2. The van der Waals surface area contributed by atoms with Crippen LogP contribution in [0.5, 0.6) is 5.75 Å². The maximum atomic E-state index is 11.3. The molecule has 2 aromatic carbocycles. The zero-order chi connectivity index (χ0) is 13.3. The van der Waals surface area contributed by atoms with E-state index in [0.29, 0.717) is 21.7 Å². The highest BCUT2D eigenvalue weighted by atomic mass is 35.5. The fraction of sp³-hybridized carbons (Fsp3) is 0.0714. The highest BCUT2D eigenvalue weighted by molar-refractivity contribution is 6.33. The minimum atomic E-state index is -1.01. The van der Waals surface area contributed by atoms with Crippen molar-refractivity contribution in [2.75, 3.05) is 0 Å². The number of aryl methyl sites for hydroxylation is 1. The molecular weight excluding hydrogens is 252 g/mol. The first-order chi connectivity index (χ1) is 8.50. The number of aromatic hydroxyl groups is 1. The molecule has 4 heteroatoms. The van der Waals surface area contributed by atoms with Gasteiger partial charge in [0.15, 0.2) is 0 Å². The largest absolute Gasteiger partial charge is 0.508 e. The lowest BCUT2D eigenvalue weighted by molar-refractivity contribution is 0.0697. The number of carbonyl (C=O) groups is 1. The summed E-state index contributed by atoms with van der Waals surface area (Å²) in [6.45, 7) is 1.73. The minimum Gasteiger partial charge on any atom is -0.508 e. The molecule has 0 amide bonds. The molecule has 0 aromatic heterocycles. The molecule has 92 valence electrons. The summed E-state index contributed by atoms with van der Waals surface area (Å²) in [7, 11) is 0. The number of aromatic carboxylic acids is 1. The van der Waals surface area contributed by atoms with Crippen molar-refractivity contribution < 1.29 is 15.0 Å². The Hall–Kier alpha value is -2.00. The molecule has 0 radical (unpaired) electrons. The number of carboxylic acid groups (broad SMARTS) is 1. The number of benzene rings is 2. The van der Waals surface area contributed by atoms with Gasteiger partial charge < -0.3 is 10.2 Å². The fourth-order valence-corrected chi connectivity index (χ4v) is 2.12. The molecule has 0 aliphatic carbocycles. The van der Waals surface area contributed by atoms with E-state index in [1.54, 1.807) is 31.2 Å². The van der Waals surface area contributed by atoms with E-state index in [2.05, 4.69) is 0 Å². The van der Waals surface area contributed by atoms with Crippen molar-refractivity contribution in [2.24, 2.45) is 0 Å². The van der Waals surface area contributed by atoms with E-state index < -0.39 is 5.97 Å². The van der Waals surface area contributed by atoms with Crippen LogP contribution in [0.15, 0.2) is 36.4 Å². The van der Waals surface area contributed by atoms with Crippen molar-refractivity contribution >= 4 is 17.6 Å². The van der Waals surface area contributed by atoms with Gasteiger partial charge in [0.05, 0.1) is 5.56 Å². The molecule has 0 fully saturated rings. The Morgan fingerprint density at radius 3 is 2.56 bits per heavy atom. The van der Waals surface area contributed by atoms with Gasteiger partial charge in [-0.3, -0.25) is 0 Å². The van der Waals surface area contributed by atoms with E-state index in [9.17, 15) is 15.0 Å². The standard InChI is InChI=1S/C14H11ClO3/c1-8-3-2-4-10(13(8)14(17)18)11-7-9(16)5-6-12(11)15/h2-7,16H,1H3,(H,17,18). The average Bonchev–Trinajstić information content (AvgIpc) is 2.31. The van der Waals surface area contributed by atoms with Crippen LogP contribution in [-0.4, -0.2) is 16.2 Å². The topological polar surface area (TPSA) is 57.5 Å². The molecule has 0 bridgehead atoms. The van der Waals surface area contributed by atoms with Crippen molar-refractivity contribution in [3.8, 4) is 16.9 Å². The zero-order valence-corrected chi connectivity index (χ0v) is 10.4. The predicted octanol–water partition coefficient (Wildman–Crippen LogP) is 3.72. The van der Waals surface area contributed by atoms with Crippen LogP contribution in [-0.2, 0) is 0 Å². The summed E-state index contributed by atoms with van der Waals surface area (Å²) >= 11 is 6.06. The summed E-state index contributed by atoms with van der Waals surface area (Å²) in [5.74, 6) is -0.963. The molecule has 0 atom stereocenters. The molecule has 0 saturated carbocycles. The van der Waals surface area contributed by atoms with Crippen molar-refractivity contribution in [2.45, 2.75) is 6.92 Å². The van der Waals surface area contributed by atoms with Gasteiger partial charge in [0.2, 0.25) is 0 Å². The van der Waals surface area contributed by atoms with Crippen molar-refractivity contribution in [3.05, 3.63) is 52.5 Å². The Morgan fingerprint density at radius 1 is 1.17 bits per heavy atom. The summed E-state index contributed by atoms with van der Waals surface area (Å²) in [6, 6.07) is 9.63. The molecule has 2 rings (SSSR count). The molecule has 3 nitrogen and oxygen atoms in total. The van der Waals surface area contributed by atoms with E-state index in [1.165, 1.54) is 12.1 Å². The minimum absolute atomic E-state index is 0.0484. The monoisotopic (exact) mass is 262 g/mol. The predicted molar refractivity (Wildman–Crippen MR) is 70.2 cm³/mol. The summed E-state index contributed by atoms with van der Waals surface area (Å²) in [5, 5.41) is 19.2. The van der Waals surface area contributed by atoms with Crippen LogP contribution < -0.4 is 0 Å². The second-order valence-electron chi connectivity index (χ2n) is 3.97. The van der Waals surface area contributed by atoms with Crippen molar-refractivity contribution in [1.82, 2.24) is 0 Å². The molecule has 0 spiro atoms. The van der Waals surface area contributed by atoms with Gasteiger partial charge in [0.25, 0.3) is 0 Å². The van der Waals surface area contributed by atoms with E-state index in [0.717, 1.165) is 0 Å². The summed E-state index contributed by atoms with van der Waals surface area (Å²) < 4.78 is 0. The number of phenols is 1. The first-order valence-corrected chi connectivity index (χ1v) is 5.70. The van der Waals surface area contributed by atoms with Gasteiger partial charge in [-0.15, -0.1) is 0 Å². The van der Waals surface area contributed by atoms with Gasteiger partial charge in [-0.25, -0.2) is 4.79 Å². The van der Waals surface area contributed by atoms with Crippen molar-refractivity contribution in [1.29, 1.82) is 0 Å². The number of carboxylic acids is 1. The van der Waals surface area contributed by atoms with Gasteiger partial charge >= 0.3 is 5.97 Å². The highest BCUT2D eigenvalue weighted by Gasteiger charge is 2.16. The quantitative estimate of drug-likeness (QED) is 0.867. The number of halogens is 1. The summed E-state index contributed by atoms with van der Waals surface area (Å²) in [4.78, 5) is 11.3. The van der Waals surface area contributed by atoms with Crippen LogP contribution in [0, 0.1) is 6.92 Å². The third kappa shape index (κ3) is 2.17. The van der Waals surface area contributed by atoms with E-state index in [1.807, 2.05) is 0 Å². The number of phenolic OH excluding ortho intramolecular Hbond substituents is 1. The Labute approximate surface area is 109 Å². The third-order valence-corrected chi connectivity index (χ3v) is 3.06. The number of hydrogen-bond acceptors (Lipinski definition) is 2. The van der Waals surface area contributed by atoms with Gasteiger partial charge in [0, 0.05) is 10.6 Å². The Bertz CT molecular complexity index is 620. The molecule has 0 aliphatic heterocycles. The second-order valence-corrected chi connectivity index (χ2v) is 4.37. The Balaban J connectivity index is 2.75. The molecule has 0 heterocycles. The molecular formula is C14H11ClO3. The lowest BCUT2D eigenvalue weighted by Crippen LogP contribution is -2.02. The third-order valence-electron chi connectivity index (χ3n) is 2.73. The molecule has 0 saturated heterocycles. The fourth-order valence-electron chi connectivity index (χ4n) is 1.90. The van der Waals surface area contributed by atoms with Crippen molar-refractivity contribution in [3.63, 3.8) is 0 Å². The Morgan fingerprint density at radius 2 is 1.89 bits per heavy atom. The normalized spacial score (nSPS) is 10.3. The Kier molecular flexibility index (Phi) is 3.26. The van der Waals surface area contributed by atoms with Crippen LogP contribution in [0.3, 0.4) is 0 Å².